The number of hydrogen-bond donors (Lipinski definition) is 3. The van der Waals surface area contributed by atoms with Gasteiger partial charge in [-0.05, 0) is 0 Å². The van der Waals surface area contributed by atoms with Crippen molar-refractivity contribution in [3.63, 3.8) is 0 Å². The maximum absolute atomic E-state index is 11.6. The van der Waals surface area contributed by atoms with Gasteiger partial charge >= 0.3 is 167 Å². The van der Waals surface area contributed by atoms with E-state index in [1.807, 2.05) is 0 Å². The zero-order valence-corrected chi connectivity index (χ0v) is 16.9. The van der Waals surface area contributed by atoms with Gasteiger partial charge in [-0.2, -0.15) is 0 Å². The van der Waals surface area contributed by atoms with Crippen molar-refractivity contribution in [3.05, 3.63) is 46.5 Å². The fraction of sp³-hybridized carbons (Fsp3) is 0.125. The molecule has 0 spiro atoms. The molecule has 0 aliphatic heterocycles. The normalized spacial score (nSPS) is 11.3. The number of carbonyl (C=O) groups is 2. The summed E-state index contributed by atoms with van der Waals surface area (Å²) in [6.07, 6.45) is 0. The van der Waals surface area contributed by atoms with E-state index in [1.54, 1.807) is 6.07 Å². The second-order valence-electron chi connectivity index (χ2n) is 5.68. The zero-order chi connectivity index (χ0) is 19.8. The van der Waals surface area contributed by atoms with Gasteiger partial charge in [-0.1, -0.05) is 0 Å². The minimum atomic E-state index is -4.59. The second-order valence-corrected chi connectivity index (χ2v) is 8.23. The maximum atomic E-state index is 11.6. The molecule has 10 heteroatoms. The van der Waals surface area contributed by atoms with Gasteiger partial charge in [0.05, 0.1) is 0 Å². The summed E-state index contributed by atoms with van der Waals surface area (Å²) in [5, 5.41) is 18.7. The predicted molar refractivity (Wildman–Crippen MR) is 91.6 cm³/mol. The van der Waals surface area contributed by atoms with Gasteiger partial charge < -0.3 is 0 Å². The van der Waals surface area contributed by atoms with Crippen LogP contribution in [0.4, 0.5) is 0 Å². The molecule has 0 aliphatic rings. The van der Waals surface area contributed by atoms with Crippen LogP contribution in [0.15, 0.2) is 29.2 Å². The number of aromatic carboxylic acids is 2. The van der Waals surface area contributed by atoms with Gasteiger partial charge in [-0.25, -0.2) is 0 Å². The van der Waals surface area contributed by atoms with E-state index in [2.05, 4.69) is 0 Å². The molecule has 0 radical (unpaired) electrons. The third kappa shape index (κ3) is 4.08. The summed E-state index contributed by atoms with van der Waals surface area (Å²) >= 11 is 0.529. The summed E-state index contributed by atoms with van der Waals surface area (Å²) < 4.78 is 38.8. The van der Waals surface area contributed by atoms with Crippen LogP contribution in [0.25, 0.3) is 0 Å². The van der Waals surface area contributed by atoms with E-state index in [1.165, 1.54) is 26.0 Å². The Balaban J connectivity index is 2.72. The summed E-state index contributed by atoms with van der Waals surface area (Å²) in [5.74, 6) is -3.04. The van der Waals surface area contributed by atoms with Crippen molar-refractivity contribution in [1.29, 1.82) is 0 Å². The van der Waals surface area contributed by atoms with Crippen LogP contribution in [0.3, 0.4) is 0 Å². The zero-order valence-electron chi connectivity index (χ0n) is 14.1. The van der Waals surface area contributed by atoms with Crippen LogP contribution in [-0.4, -0.2) is 63.1 Å². The molecule has 0 fully saturated rings. The second kappa shape index (κ2) is 7.37. The number of carboxylic acids is 2. The van der Waals surface area contributed by atoms with Crippen LogP contribution in [0.5, 0.6) is 11.5 Å². The molecule has 0 heterocycles. The summed E-state index contributed by atoms with van der Waals surface area (Å²) in [6, 6.07) is 5.29. The Hall–Kier alpha value is -1.91. The molecule has 2 aromatic rings. The first-order chi connectivity index (χ1) is 11.9. The number of carboxylic acid groups (broad SMARTS) is 2. The number of benzene rings is 2. The fourth-order valence-electron chi connectivity index (χ4n) is 2.56. The SMILES string of the molecule is Cc1c(Oc2cc[c]([Na])cc2S(=O)(=O)O)cc(C(=O)O)c(C)c1C(=O)O. The summed E-state index contributed by atoms with van der Waals surface area (Å²) in [5.41, 5.74) is -0.334. The van der Waals surface area contributed by atoms with Crippen LogP contribution in [-0.2, 0) is 10.1 Å². The Kier molecular flexibility index (Phi) is 5.79. The Morgan fingerprint density at radius 1 is 1.00 bits per heavy atom. The Morgan fingerprint density at radius 3 is 2.12 bits per heavy atom. The van der Waals surface area contributed by atoms with Gasteiger partial charge in [0, 0.05) is 0 Å². The van der Waals surface area contributed by atoms with Gasteiger partial charge in [0.15, 0.2) is 0 Å². The molecule has 3 N–H and O–H groups in total. The van der Waals surface area contributed by atoms with Crippen molar-refractivity contribution < 1.29 is 37.5 Å². The molecule has 2 aromatic carbocycles. The summed E-state index contributed by atoms with van der Waals surface area (Å²) in [6.45, 7) is 2.79. The molecule has 0 amide bonds. The monoisotopic (exact) mass is 388 g/mol. The van der Waals surface area contributed by atoms with Crippen LogP contribution < -0.4 is 7.55 Å². The molecule has 0 atom stereocenters. The molecule has 2 rings (SSSR count). The molecule has 26 heavy (non-hydrogen) atoms. The fourth-order valence-corrected chi connectivity index (χ4v) is 3.92. The van der Waals surface area contributed by atoms with Crippen molar-refractivity contribution in [2.45, 2.75) is 18.7 Å². The first-order valence-corrected chi connectivity index (χ1v) is 9.74. The Bertz CT molecular complexity index is 1030. The molecule has 0 bridgehead atoms. The van der Waals surface area contributed by atoms with Gasteiger partial charge in [0.25, 0.3) is 0 Å². The van der Waals surface area contributed by atoms with Crippen LogP contribution in [0, 0.1) is 13.8 Å². The first kappa shape index (κ1) is 20.4. The Morgan fingerprint density at radius 2 is 1.62 bits per heavy atom. The quantitative estimate of drug-likeness (QED) is 0.518. The molecular weight excluding hydrogens is 375 g/mol. The standard InChI is InChI=1S/C16H13O8S.Na/c1-8-10(15(17)18)7-12(9(2)14(8)16(19)20)24-11-5-3-4-6-13(11)25(21,22)23;/h3,5-7H,1-2H3,(H,17,18)(H,19,20)(H,21,22,23);. The van der Waals surface area contributed by atoms with Gasteiger partial charge in [-0.3, -0.25) is 0 Å². The molecule has 0 aromatic heterocycles. The third-order valence-electron chi connectivity index (χ3n) is 3.84. The topological polar surface area (TPSA) is 138 Å². The number of ether oxygens (including phenoxy) is 1. The molecule has 8 nitrogen and oxygen atoms in total. The molecule has 0 saturated carbocycles. The van der Waals surface area contributed by atoms with E-state index in [9.17, 15) is 32.8 Å². The van der Waals surface area contributed by atoms with Crippen LogP contribution in [0.2, 0.25) is 0 Å². The molecule has 0 aliphatic carbocycles. The van der Waals surface area contributed by atoms with Crippen molar-refractivity contribution in [2.24, 2.45) is 0 Å². The van der Waals surface area contributed by atoms with Crippen LogP contribution >= 0.6 is 0 Å². The van der Waals surface area contributed by atoms with Gasteiger partial charge in [-0.15, -0.1) is 0 Å². The van der Waals surface area contributed by atoms with Crippen molar-refractivity contribution in [2.75, 3.05) is 0 Å². The van der Waals surface area contributed by atoms with E-state index in [-0.39, 0.29) is 33.8 Å². The first-order valence-electron chi connectivity index (χ1n) is 7.30. The molecule has 0 saturated heterocycles. The number of rotatable bonds is 5. The van der Waals surface area contributed by atoms with E-state index in [0.29, 0.717) is 30.7 Å². The predicted octanol–water partition coefficient (Wildman–Crippen LogP) is 1.53. The molecule has 0 unspecified atom stereocenters. The minimum absolute atomic E-state index is 0.0553. The van der Waals surface area contributed by atoms with Crippen molar-refractivity contribution in [1.82, 2.24) is 0 Å². The van der Waals surface area contributed by atoms with E-state index in [4.69, 9.17) is 4.74 Å². The average Bonchev–Trinajstić information content (AvgIpc) is 2.49. The van der Waals surface area contributed by atoms with E-state index >= 15 is 0 Å². The summed E-state index contributed by atoms with van der Waals surface area (Å²) in [4.78, 5) is 22.4. The van der Waals surface area contributed by atoms with E-state index < -0.39 is 27.0 Å². The Labute approximate surface area is 166 Å². The van der Waals surface area contributed by atoms with E-state index in [0.717, 1.165) is 6.07 Å². The summed E-state index contributed by atoms with van der Waals surface area (Å²) in [7, 11) is -4.59. The van der Waals surface area contributed by atoms with Gasteiger partial charge in [0.1, 0.15) is 0 Å². The number of hydrogen-bond acceptors (Lipinski definition) is 5. The average molecular weight is 388 g/mol. The van der Waals surface area contributed by atoms with Crippen molar-refractivity contribution >= 4 is 52.8 Å². The van der Waals surface area contributed by atoms with Crippen LogP contribution in [0.1, 0.15) is 31.8 Å². The molecule has 132 valence electrons. The third-order valence-corrected chi connectivity index (χ3v) is 5.34. The van der Waals surface area contributed by atoms with Crippen molar-refractivity contribution in [3.8, 4) is 11.5 Å². The molecular formula is C16H13NaO8S. The van der Waals surface area contributed by atoms with Gasteiger partial charge in [0.2, 0.25) is 0 Å².